The minimum atomic E-state index is -0.283. The number of nitrogens with zero attached hydrogens (tertiary/aromatic N) is 1. The van der Waals surface area contributed by atoms with Crippen LogP contribution >= 0.6 is 11.8 Å². The molecule has 2 N–H and O–H groups in total. The summed E-state index contributed by atoms with van der Waals surface area (Å²) in [7, 11) is 0. The fourth-order valence-electron chi connectivity index (χ4n) is 2.82. The monoisotopic (exact) mass is 366 g/mol. The zero-order valence-electron chi connectivity index (χ0n) is 15.0. The Morgan fingerprint density at radius 1 is 1.16 bits per heavy atom. The second kappa shape index (κ2) is 10.3. The van der Waals surface area contributed by atoms with Crippen LogP contribution in [0.25, 0.3) is 0 Å². The van der Waals surface area contributed by atoms with Crippen molar-refractivity contribution in [1.29, 1.82) is 0 Å². The van der Waals surface area contributed by atoms with Gasteiger partial charge in [-0.1, -0.05) is 0 Å². The second-order valence-electron chi connectivity index (χ2n) is 5.98. The van der Waals surface area contributed by atoms with Crippen LogP contribution in [0.1, 0.15) is 13.8 Å². The van der Waals surface area contributed by atoms with Crippen molar-refractivity contribution in [2.24, 2.45) is 0 Å². The number of piperazine rings is 1. The Morgan fingerprint density at radius 2 is 1.84 bits per heavy atom. The van der Waals surface area contributed by atoms with Gasteiger partial charge >= 0.3 is 5.97 Å². The highest BCUT2D eigenvalue weighted by Gasteiger charge is 2.18. The number of thioether (sulfide) groups is 1. The van der Waals surface area contributed by atoms with Gasteiger partial charge in [0.25, 0.3) is 0 Å². The SMILES string of the molecule is CCOC(=O)CSCC(=O)Nc1ccc(N2CC[NH+](CC)CC2)cc1. The number of esters is 1. The zero-order chi connectivity index (χ0) is 18.1. The van der Waals surface area contributed by atoms with Crippen LogP contribution in [-0.2, 0) is 14.3 Å². The molecule has 1 heterocycles. The number of quaternary nitrogens is 1. The summed E-state index contributed by atoms with van der Waals surface area (Å²) in [5.41, 5.74) is 1.98. The maximum Gasteiger partial charge on any atom is 0.315 e. The molecule has 0 radical (unpaired) electrons. The predicted octanol–water partition coefficient (Wildman–Crippen LogP) is 0.646. The number of nitrogens with one attached hydrogen (secondary N) is 2. The second-order valence-corrected chi connectivity index (χ2v) is 6.97. The van der Waals surface area contributed by atoms with Gasteiger partial charge in [-0.25, -0.2) is 0 Å². The molecule has 6 nitrogen and oxygen atoms in total. The highest BCUT2D eigenvalue weighted by atomic mass is 32.2. The van der Waals surface area contributed by atoms with E-state index in [0.29, 0.717) is 6.61 Å². The first-order valence-corrected chi connectivity index (χ1v) is 9.99. The zero-order valence-corrected chi connectivity index (χ0v) is 15.9. The molecule has 1 amide bonds. The Morgan fingerprint density at radius 3 is 2.44 bits per heavy atom. The molecule has 0 bridgehead atoms. The van der Waals surface area contributed by atoms with Gasteiger partial charge < -0.3 is 19.9 Å². The lowest BCUT2D eigenvalue weighted by molar-refractivity contribution is -0.898. The third kappa shape index (κ3) is 6.59. The third-order valence-electron chi connectivity index (χ3n) is 4.25. The van der Waals surface area contributed by atoms with E-state index in [1.54, 1.807) is 11.8 Å². The van der Waals surface area contributed by atoms with Crippen molar-refractivity contribution in [3.05, 3.63) is 24.3 Å². The first-order valence-electron chi connectivity index (χ1n) is 8.84. The highest BCUT2D eigenvalue weighted by molar-refractivity contribution is 8.00. The van der Waals surface area contributed by atoms with Crippen LogP contribution in [0.3, 0.4) is 0 Å². The van der Waals surface area contributed by atoms with Crippen molar-refractivity contribution in [3.8, 4) is 0 Å². The Balaban J connectivity index is 1.74. The van der Waals surface area contributed by atoms with E-state index < -0.39 is 0 Å². The van der Waals surface area contributed by atoms with Crippen LogP contribution in [0.2, 0.25) is 0 Å². The lowest BCUT2D eigenvalue weighted by Crippen LogP contribution is -3.14. The summed E-state index contributed by atoms with van der Waals surface area (Å²) in [4.78, 5) is 27.2. The normalized spacial score (nSPS) is 15.0. The van der Waals surface area contributed by atoms with Crippen molar-refractivity contribution in [2.75, 3.05) is 61.1 Å². The molecule has 25 heavy (non-hydrogen) atoms. The van der Waals surface area contributed by atoms with E-state index in [0.717, 1.165) is 18.8 Å². The van der Waals surface area contributed by atoms with E-state index in [9.17, 15) is 9.59 Å². The average molecular weight is 367 g/mol. The van der Waals surface area contributed by atoms with Crippen molar-refractivity contribution in [1.82, 2.24) is 0 Å². The number of hydrogen-bond acceptors (Lipinski definition) is 5. The van der Waals surface area contributed by atoms with E-state index in [1.807, 2.05) is 12.1 Å². The van der Waals surface area contributed by atoms with E-state index in [1.165, 1.54) is 37.1 Å². The molecule has 2 rings (SSSR count). The maximum absolute atomic E-state index is 11.9. The van der Waals surface area contributed by atoms with Gasteiger partial charge in [-0.3, -0.25) is 9.59 Å². The summed E-state index contributed by atoms with van der Waals surface area (Å²) in [6.07, 6.45) is 0. The van der Waals surface area contributed by atoms with E-state index in [4.69, 9.17) is 4.74 Å². The minimum absolute atomic E-state index is 0.109. The Kier molecular flexibility index (Phi) is 8.08. The van der Waals surface area contributed by atoms with Crippen LogP contribution in [-0.4, -0.2) is 62.7 Å². The van der Waals surface area contributed by atoms with Crippen LogP contribution < -0.4 is 15.1 Å². The van der Waals surface area contributed by atoms with E-state index in [2.05, 4.69) is 29.3 Å². The summed E-state index contributed by atoms with van der Waals surface area (Å²) in [5.74, 6) is 0.0469. The summed E-state index contributed by atoms with van der Waals surface area (Å²) in [6, 6.07) is 7.97. The minimum Gasteiger partial charge on any atom is -0.465 e. The number of anilines is 2. The van der Waals surface area contributed by atoms with Crippen LogP contribution in [0.15, 0.2) is 24.3 Å². The molecule has 138 valence electrons. The van der Waals surface area contributed by atoms with Gasteiger partial charge in [-0.15, -0.1) is 11.8 Å². The fraction of sp³-hybridized carbons (Fsp3) is 0.556. The highest BCUT2D eigenvalue weighted by Crippen LogP contribution is 2.18. The molecule has 0 spiro atoms. The molecule has 0 unspecified atom stereocenters. The molecular weight excluding hydrogens is 338 g/mol. The number of hydrogen-bond donors (Lipinski definition) is 2. The summed E-state index contributed by atoms with van der Waals surface area (Å²) >= 11 is 1.26. The van der Waals surface area contributed by atoms with Crippen LogP contribution in [0.4, 0.5) is 11.4 Å². The van der Waals surface area contributed by atoms with Crippen LogP contribution in [0.5, 0.6) is 0 Å². The molecule has 1 aromatic rings. The molecule has 1 saturated heterocycles. The molecule has 0 aliphatic carbocycles. The van der Waals surface area contributed by atoms with Gasteiger partial charge in [-0.05, 0) is 38.1 Å². The van der Waals surface area contributed by atoms with Crippen molar-refractivity contribution in [3.63, 3.8) is 0 Å². The summed E-state index contributed by atoms with van der Waals surface area (Å²) in [5, 5.41) is 2.86. The van der Waals surface area contributed by atoms with Crippen LogP contribution in [0, 0.1) is 0 Å². The largest absolute Gasteiger partial charge is 0.465 e. The Bertz CT molecular complexity index is 557. The topological polar surface area (TPSA) is 63.1 Å². The number of carbonyl (C=O) groups excluding carboxylic acids is 2. The smallest absolute Gasteiger partial charge is 0.315 e. The maximum atomic E-state index is 11.9. The van der Waals surface area contributed by atoms with Gasteiger partial charge in [0.2, 0.25) is 5.91 Å². The van der Waals surface area contributed by atoms with Crippen molar-refractivity contribution < 1.29 is 19.2 Å². The standard InChI is InChI=1S/C18H27N3O3S/c1-3-20-9-11-21(12-10-20)16-7-5-15(6-8-16)19-17(22)13-25-14-18(23)24-4-2/h5-8H,3-4,9-14H2,1-2H3,(H,19,22)/p+1. The molecule has 1 aliphatic heterocycles. The lowest BCUT2D eigenvalue weighted by Gasteiger charge is -2.33. The quantitative estimate of drug-likeness (QED) is 0.662. The number of amides is 1. The molecule has 1 fully saturated rings. The van der Waals surface area contributed by atoms with Crippen molar-refractivity contribution in [2.45, 2.75) is 13.8 Å². The number of benzene rings is 1. The predicted molar refractivity (Wildman–Crippen MR) is 102 cm³/mol. The van der Waals surface area contributed by atoms with Crippen molar-refractivity contribution >= 4 is 35.0 Å². The van der Waals surface area contributed by atoms with Gasteiger partial charge in [0, 0.05) is 11.4 Å². The molecule has 7 heteroatoms. The lowest BCUT2D eigenvalue weighted by atomic mass is 10.2. The average Bonchev–Trinajstić information content (AvgIpc) is 2.63. The summed E-state index contributed by atoms with van der Waals surface area (Å²) < 4.78 is 4.83. The van der Waals surface area contributed by atoms with Gasteiger partial charge in [0.15, 0.2) is 0 Å². The van der Waals surface area contributed by atoms with Gasteiger partial charge in [0.1, 0.15) is 0 Å². The Labute approximate surface area is 153 Å². The molecule has 1 aromatic carbocycles. The van der Waals surface area contributed by atoms with Gasteiger partial charge in [-0.2, -0.15) is 0 Å². The summed E-state index contributed by atoms with van der Waals surface area (Å²) in [6.45, 7) is 10.0. The molecule has 0 aromatic heterocycles. The van der Waals surface area contributed by atoms with Gasteiger partial charge in [0.05, 0.1) is 50.8 Å². The fourth-order valence-corrected chi connectivity index (χ4v) is 3.43. The number of carbonyl (C=O) groups is 2. The number of rotatable bonds is 8. The first kappa shape index (κ1) is 19.6. The molecule has 0 atom stereocenters. The molecular formula is C18H28N3O3S+. The molecule has 1 aliphatic rings. The first-order chi connectivity index (χ1) is 12.1. The van der Waals surface area contributed by atoms with E-state index in [-0.39, 0.29) is 23.4 Å². The Hall–Kier alpha value is -1.73. The van der Waals surface area contributed by atoms with E-state index >= 15 is 0 Å². The number of likely N-dealkylation sites (N-methyl/N-ethyl adjacent to an activating group) is 1. The molecule has 0 saturated carbocycles. The number of ether oxygens (including phenoxy) is 1. The third-order valence-corrected chi connectivity index (χ3v) is 5.15.